The Balaban J connectivity index is 1.18. The lowest BCUT2D eigenvalue weighted by atomic mass is 10.1. The SMILES string of the molecule is N#Cc1cnc2nc(N3CCN([C@@H]4CN[C@H](C(=O)N5CCSC5)C4)CC3)oc2c1. The number of oxazole rings is 1. The summed E-state index contributed by atoms with van der Waals surface area (Å²) in [6, 6.07) is 4.65. The van der Waals surface area contributed by atoms with Crippen LogP contribution in [0.2, 0.25) is 0 Å². The molecule has 10 heteroatoms. The molecule has 3 fully saturated rings. The Labute approximate surface area is 173 Å². The van der Waals surface area contributed by atoms with Crippen molar-refractivity contribution in [1.29, 1.82) is 5.26 Å². The van der Waals surface area contributed by atoms with E-state index in [4.69, 9.17) is 9.68 Å². The number of carbonyl (C=O) groups excluding carboxylic acids is 1. The molecule has 1 N–H and O–H groups in total. The number of thioether (sulfide) groups is 1. The number of amides is 1. The molecule has 1 amide bonds. The zero-order valence-corrected chi connectivity index (χ0v) is 16.9. The van der Waals surface area contributed by atoms with Crippen LogP contribution < -0.4 is 10.2 Å². The van der Waals surface area contributed by atoms with Gasteiger partial charge in [-0.05, 0) is 6.42 Å². The lowest BCUT2D eigenvalue weighted by Gasteiger charge is -2.37. The first-order valence-corrected chi connectivity index (χ1v) is 11.1. The Morgan fingerprint density at radius 1 is 1.31 bits per heavy atom. The largest absolute Gasteiger partial charge is 0.422 e. The van der Waals surface area contributed by atoms with E-state index in [1.54, 1.807) is 6.07 Å². The first kappa shape index (κ1) is 18.7. The highest BCUT2D eigenvalue weighted by atomic mass is 32.2. The van der Waals surface area contributed by atoms with Crippen LogP contribution in [0.4, 0.5) is 6.01 Å². The van der Waals surface area contributed by atoms with E-state index in [0.29, 0.717) is 28.9 Å². The van der Waals surface area contributed by atoms with E-state index in [9.17, 15) is 4.79 Å². The summed E-state index contributed by atoms with van der Waals surface area (Å²) in [6.07, 6.45) is 2.39. The van der Waals surface area contributed by atoms with E-state index in [0.717, 1.165) is 57.3 Å². The van der Waals surface area contributed by atoms with Crippen LogP contribution in [0.3, 0.4) is 0 Å². The number of rotatable bonds is 3. The molecule has 2 aromatic rings. The first-order chi connectivity index (χ1) is 14.2. The molecule has 2 atom stereocenters. The fourth-order valence-corrected chi connectivity index (χ4v) is 5.23. The van der Waals surface area contributed by atoms with Crippen molar-refractivity contribution in [3.8, 4) is 6.07 Å². The number of nitrogens with zero attached hydrogens (tertiary/aromatic N) is 6. The van der Waals surface area contributed by atoms with Gasteiger partial charge in [-0.1, -0.05) is 0 Å². The first-order valence-electron chi connectivity index (χ1n) is 9.97. The van der Waals surface area contributed by atoms with Crippen LogP contribution in [0.15, 0.2) is 16.7 Å². The van der Waals surface area contributed by atoms with Crippen LogP contribution in [-0.4, -0.2) is 88.7 Å². The highest BCUT2D eigenvalue weighted by Gasteiger charge is 2.37. The number of pyridine rings is 1. The van der Waals surface area contributed by atoms with Gasteiger partial charge in [-0.2, -0.15) is 10.2 Å². The minimum absolute atomic E-state index is 0.0471. The second-order valence-corrected chi connectivity index (χ2v) is 8.74. The monoisotopic (exact) mass is 413 g/mol. The molecule has 3 aliphatic heterocycles. The predicted molar refractivity (Wildman–Crippen MR) is 110 cm³/mol. The summed E-state index contributed by atoms with van der Waals surface area (Å²) in [5.41, 5.74) is 1.54. The Morgan fingerprint density at radius 2 is 2.17 bits per heavy atom. The number of hydrogen-bond acceptors (Lipinski definition) is 9. The average Bonchev–Trinajstić information content (AvgIpc) is 3.53. The number of carbonyl (C=O) groups is 1. The number of fused-ring (bicyclic) bond motifs is 1. The standard InChI is InChI=1S/C19H23N7O2S/c20-9-13-7-16-17(22-10-13)23-19(28-16)25-3-1-24(2-4-25)14-8-15(21-11-14)18(27)26-5-6-29-12-26/h7,10,14-15,21H,1-6,8,11-12H2/t14-,15-/m0/s1. The second kappa shape index (κ2) is 7.82. The molecule has 0 radical (unpaired) electrons. The number of hydrogen-bond donors (Lipinski definition) is 1. The van der Waals surface area contributed by atoms with Gasteiger partial charge in [-0.15, -0.1) is 11.8 Å². The molecule has 0 bridgehead atoms. The van der Waals surface area contributed by atoms with Gasteiger partial charge in [-0.3, -0.25) is 9.69 Å². The normalized spacial score (nSPS) is 25.6. The van der Waals surface area contributed by atoms with Gasteiger partial charge in [0.15, 0.2) is 5.58 Å². The lowest BCUT2D eigenvalue weighted by molar-refractivity contribution is -0.131. The van der Waals surface area contributed by atoms with Crippen LogP contribution in [0, 0.1) is 11.3 Å². The van der Waals surface area contributed by atoms with Gasteiger partial charge >= 0.3 is 0 Å². The molecular weight excluding hydrogens is 390 g/mol. The van der Waals surface area contributed by atoms with Gasteiger partial charge in [0.2, 0.25) is 11.6 Å². The quantitative estimate of drug-likeness (QED) is 0.770. The smallest absolute Gasteiger partial charge is 0.300 e. The van der Waals surface area contributed by atoms with Gasteiger partial charge in [-0.25, -0.2) is 4.98 Å². The molecule has 9 nitrogen and oxygen atoms in total. The number of nitriles is 1. The average molecular weight is 414 g/mol. The van der Waals surface area contributed by atoms with Gasteiger partial charge in [0.25, 0.3) is 6.01 Å². The predicted octanol–water partition coefficient (Wildman–Crippen LogP) is 0.480. The Hall–Kier alpha value is -2.35. The third-order valence-corrected chi connectivity index (χ3v) is 6.90. The molecule has 0 saturated carbocycles. The van der Waals surface area contributed by atoms with E-state index >= 15 is 0 Å². The summed E-state index contributed by atoms with van der Waals surface area (Å²) in [5, 5.41) is 12.4. The van der Waals surface area contributed by atoms with Crippen LogP contribution >= 0.6 is 11.8 Å². The third-order valence-electron chi connectivity index (χ3n) is 5.94. The van der Waals surface area contributed by atoms with E-state index in [1.807, 2.05) is 16.7 Å². The minimum Gasteiger partial charge on any atom is -0.422 e. The third kappa shape index (κ3) is 3.66. The number of nitrogens with one attached hydrogen (secondary N) is 1. The number of anilines is 1. The van der Waals surface area contributed by atoms with Crippen molar-refractivity contribution in [1.82, 2.24) is 25.1 Å². The fourth-order valence-electron chi connectivity index (χ4n) is 4.27. The van der Waals surface area contributed by atoms with Crippen LogP contribution in [-0.2, 0) is 4.79 Å². The van der Waals surface area contributed by atoms with E-state index in [2.05, 4.69) is 31.2 Å². The van der Waals surface area contributed by atoms with Crippen molar-refractivity contribution in [2.24, 2.45) is 0 Å². The summed E-state index contributed by atoms with van der Waals surface area (Å²) in [6.45, 7) is 5.18. The van der Waals surface area contributed by atoms with E-state index < -0.39 is 0 Å². The molecule has 0 aliphatic carbocycles. The molecule has 5 heterocycles. The number of aromatic nitrogens is 2. The fraction of sp³-hybridized carbons (Fsp3) is 0.579. The van der Waals surface area contributed by atoms with Crippen molar-refractivity contribution in [3.05, 3.63) is 17.8 Å². The molecule has 0 aromatic carbocycles. The minimum atomic E-state index is -0.0471. The van der Waals surface area contributed by atoms with Gasteiger partial charge in [0, 0.05) is 63.3 Å². The molecule has 5 rings (SSSR count). The van der Waals surface area contributed by atoms with Crippen molar-refractivity contribution in [2.45, 2.75) is 18.5 Å². The van der Waals surface area contributed by atoms with Crippen molar-refractivity contribution < 1.29 is 9.21 Å². The molecule has 0 unspecified atom stereocenters. The van der Waals surface area contributed by atoms with E-state index in [1.165, 1.54) is 6.20 Å². The van der Waals surface area contributed by atoms with Gasteiger partial charge < -0.3 is 19.5 Å². The highest BCUT2D eigenvalue weighted by Crippen LogP contribution is 2.24. The lowest BCUT2D eigenvalue weighted by Crippen LogP contribution is -2.51. The summed E-state index contributed by atoms with van der Waals surface area (Å²) >= 11 is 1.83. The summed E-state index contributed by atoms with van der Waals surface area (Å²) in [5.74, 6) is 2.13. The van der Waals surface area contributed by atoms with Gasteiger partial charge in [0.05, 0.1) is 17.5 Å². The Bertz CT molecular complexity index is 944. The summed E-state index contributed by atoms with van der Waals surface area (Å²) in [7, 11) is 0. The second-order valence-electron chi connectivity index (χ2n) is 7.67. The van der Waals surface area contributed by atoms with Crippen molar-refractivity contribution in [2.75, 3.05) is 55.8 Å². The molecule has 152 valence electrons. The molecule has 3 aliphatic rings. The summed E-state index contributed by atoms with van der Waals surface area (Å²) in [4.78, 5) is 27.8. The maximum atomic E-state index is 12.6. The number of piperazine rings is 1. The zero-order chi connectivity index (χ0) is 19.8. The topological polar surface area (TPSA) is 102 Å². The van der Waals surface area contributed by atoms with Crippen LogP contribution in [0.5, 0.6) is 0 Å². The van der Waals surface area contributed by atoms with Gasteiger partial charge in [0.1, 0.15) is 6.07 Å². The van der Waals surface area contributed by atoms with E-state index in [-0.39, 0.29) is 11.9 Å². The highest BCUT2D eigenvalue weighted by molar-refractivity contribution is 7.99. The van der Waals surface area contributed by atoms with Crippen molar-refractivity contribution >= 4 is 34.9 Å². The maximum absolute atomic E-state index is 12.6. The molecule has 3 saturated heterocycles. The van der Waals surface area contributed by atoms with Crippen LogP contribution in [0.1, 0.15) is 12.0 Å². The Kier molecular flexibility index (Phi) is 5.03. The molecule has 0 spiro atoms. The Morgan fingerprint density at radius 3 is 2.93 bits per heavy atom. The summed E-state index contributed by atoms with van der Waals surface area (Å²) < 4.78 is 5.83. The maximum Gasteiger partial charge on any atom is 0.300 e. The van der Waals surface area contributed by atoms with Crippen molar-refractivity contribution in [3.63, 3.8) is 0 Å². The van der Waals surface area contributed by atoms with Crippen LogP contribution in [0.25, 0.3) is 11.2 Å². The zero-order valence-electron chi connectivity index (χ0n) is 16.1. The molecule has 29 heavy (non-hydrogen) atoms. The molecular formula is C19H23N7O2S. The molecule has 2 aromatic heterocycles.